The van der Waals surface area contributed by atoms with Gasteiger partial charge in [-0.15, -0.1) is 0 Å². The number of hydrogen-bond donors (Lipinski definition) is 1. The second-order valence-electron chi connectivity index (χ2n) is 4.81. The first-order valence-electron chi connectivity index (χ1n) is 6.32. The van der Waals surface area contributed by atoms with E-state index in [1.165, 1.54) is 6.42 Å². The summed E-state index contributed by atoms with van der Waals surface area (Å²) in [5.74, 6) is -0.135. The third kappa shape index (κ3) is 2.07. The Bertz CT molecular complexity index is 412. The van der Waals surface area contributed by atoms with Crippen LogP contribution in [0.3, 0.4) is 0 Å². The molecule has 0 bridgehead atoms. The molecular weight excluding hydrogens is 218 g/mol. The molecule has 0 aromatic carbocycles. The Morgan fingerprint density at radius 2 is 2.29 bits per heavy atom. The summed E-state index contributed by atoms with van der Waals surface area (Å²) in [5.41, 5.74) is 3.61. The molecule has 1 aromatic heterocycles. The lowest BCUT2D eigenvalue weighted by Gasteiger charge is -2.27. The van der Waals surface area contributed by atoms with Crippen molar-refractivity contribution >= 4 is 5.91 Å². The van der Waals surface area contributed by atoms with E-state index in [1.807, 2.05) is 10.7 Å². The number of aromatic nitrogens is 2. The quantitative estimate of drug-likeness (QED) is 0.805. The number of rotatable bonds is 3. The molecule has 92 valence electrons. The predicted octanol–water partition coefficient (Wildman–Crippen LogP) is 1.36. The van der Waals surface area contributed by atoms with Gasteiger partial charge in [0.15, 0.2) is 0 Å². The van der Waals surface area contributed by atoms with E-state index in [1.54, 1.807) is 6.20 Å². The van der Waals surface area contributed by atoms with Crippen LogP contribution in [0.5, 0.6) is 0 Å². The number of hydroxylamine groups is 1. The van der Waals surface area contributed by atoms with Gasteiger partial charge in [0.2, 0.25) is 0 Å². The number of carbonyl (C=O) groups is 1. The fourth-order valence-corrected chi connectivity index (χ4v) is 2.39. The minimum absolute atomic E-state index is 0.0293. The summed E-state index contributed by atoms with van der Waals surface area (Å²) in [6, 6.07) is 1.92. The summed E-state index contributed by atoms with van der Waals surface area (Å²) in [6.07, 6.45) is 7.19. The SMILES string of the molecule is O=C(NOC1CCC1)C1CCCn2nccc21. The highest BCUT2D eigenvalue weighted by atomic mass is 16.7. The molecule has 5 heteroatoms. The lowest BCUT2D eigenvalue weighted by atomic mass is 9.95. The Hall–Kier alpha value is -1.36. The highest BCUT2D eigenvalue weighted by molar-refractivity contribution is 5.82. The fourth-order valence-electron chi connectivity index (χ4n) is 2.39. The summed E-state index contributed by atoms with van der Waals surface area (Å²) in [5, 5.41) is 4.21. The zero-order valence-corrected chi connectivity index (χ0v) is 9.76. The number of hydrogen-bond acceptors (Lipinski definition) is 3. The van der Waals surface area contributed by atoms with Crippen LogP contribution in [0, 0.1) is 0 Å². The van der Waals surface area contributed by atoms with Crippen molar-refractivity contribution in [3.63, 3.8) is 0 Å². The molecular formula is C12H17N3O2. The standard InChI is InChI=1S/C12H17N3O2/c16-12(14-17-9-3-1-4-9)10-5-2-8-15-11(10)6-7-13-15/h6-7,9-10H,1-5,8H2,(H,14,16). The van der Waals surface area contributed by atoms with Crippen molar-refractivity contribution in [2.75, 3.05) is 0 Å². The van der Waals surface area contributed by atoms with Crippen LogP contribution in [0.1, 0.15) is 43.7 Å². The van der Waals surface area contributed by atoms with Gasteiger partial charge in [0.25, 0.3) is 5.91 Å². The Morgan fingerprint density at radius 3 is 3.06 bits per heavy atom. The zero-order valence-electron chi connectivity index (χ0n) is 9.76. The van der Waals surface area contributed by atoms with E-state index in [9.17, 15) is 4.79 Å². The number of aryl methyl sites for hydroxylation is 1. The third-order valence-corrected chi connectivity index (χ3v) is 3.66. The molecule has 0 saturated heterocycles. The van der Waals surface area contributed by atoms with Crippen molar-refractivity contribution in [3.05, 3.63) is 18.0 Å². The molecule has 1 N–H and O–H groups in total. The maximum Gasteiger partial charge on any atom is 0.252 e. The van der Waals surface area contributed by atoms with E-state index < -0.39 is 0 Å². The van der Waals surface area contributed by atoms with Crippen LogP contribution in [0.2, 0.25) is 0 Å². The largest absolute Gasteiger partial charge is 0.272 e. The van der Waals surface area contributed by atoms with E-state index in [0.29, 0.717) is 0 Å². The number of fused-ring (bicyclic) bond motifs is 1. The summed E-state index contributed by atoms with van der Waals surface area (Å²) in [4.78, 5) is 17.4. The molecule has 1 saturated carbocycles. The lowest BCUT2D eigenvalue weighted by Crippen LogP contribution is -2.37. The first-order chi connectivity index (χ1) is 8.34. The molecule has 1 fully saturated rings. The molecule has 2 heterocycles. The van der Waals surface area contributed by atoms with Crippen LogP contribution >= 0.6 is 0 Å². The summed E-state index contributed by atoms with van der Waals surface area (Å²) in [7, 11) is 0. The maximum absolute atomic E-state index is 12.0. The predicted molar refractivity (Wildman–Crippen MR) is 61.1 cm³/mol. The van der Waals surface area contributed by atoms with Crippen molar-refractivity contribution in [1.29, 1.82) is 0 Å². The number of amides is 1. The van der Waals surface area contributed by atoms with Gasteiger partial charge in [0.05, 0.1) is 17.7 Å². The third-order valence-electron chi connectivity index (χ3n) is 3.66. The minimum atomic E-state index is -0.105. The van der Waals surface area contributed by atoms with Crippen LogP contribution in [-0.2, 0) is 16.2 Å². The van der Waals surface area contributed by atoms with E-state index >= 15 is 0 Å². The zero-order chi connectivity index (χ0) is 11.7. The van der Waals surface area contributed by atoms with E-state index in [4.69, 9.17) is 4.84 Å². The van der Waals surface area contributed by atoms with Gasteiger partial charge in [0, 0.05) is 12.7 Å². The summed E-state index contributed by atoms with van der Waals surface area (Å²) in [6.45, 7) is 0.912. The Balaban J connectivity index is 1.62. The molecule has 0 radical (unpaired) electrons. The number of carbonyl (C=O) groups excluding carboxylic acids is 1. The minimum Gasteiger partial charge on any atom is -0.272 e. The molecule has 2 aliphatic rings. The van der Waals surface area contributed by atoms with Crippen LogP contribution in [0.25, 0.3) is 0 Å². The van der Waals surface area contributed by atoms with Gasteiger partial charge >= 0.3 is 0 Å². The average Bonchev–Trinajstić information content (AvgIpc) is 2.74. The molecule has 1 aromatic rings. The van der Waals surface area contributed by atoms with Crippen LogP contribution in [-0.4, -0.2) is 21.8 Å². The molecule has 1 aliphatic carbocycles. The van der Waals surface area contributed by atoms with Crippen LogP contribution in [0.4, 0.5) is 0 Å². The van der Waals surface area contributed by atoms with Gasteiger partial charge in [-0.25, -0.2) is 5.48 Å². The van der Waals surface area contributed by atoms with E-state index in [0.717, 1.165) is 37.9 Å². The molecule has 17 heavy (non-hydrogen) atoms. The van der Waals surface area contributed by atoms with Gasteiger partial charge in [-0.3, -0.25) is 14.3 Å². The Labute approximate surface area is 100 Å². The van der Waals surface area contributed by atoms with Crippen LogP contribution in [0.15, 0.2) is 12.3 Å². The molecule has 1 amide bonds. The lowest BCUT2D eigenvalue weighted by molar-refractivity contribution is -0.145. The van der Waals surface area contributed by atoms with Gasteiger partial charge in [0.1, 0.15) is 0 Å². The highest BCUT2D eigenvalue weighted by Crippen LogP contribution is 2.27. The second-order valence-corrected chi connectivity index (χ2v) is 4.81. The Morgan fingerprint density at radius 1 is 1.41 bits per heavy atom. The first-order valence-corrected chi connectivity index (χ1v) is 6.32. The fraction of sp³-hybridized carbons (Fsp3) is 0.667. The molecule has 1 atom stereocenters. The van der Waals surface area contributed by atoms with E-state index in [-0.39, 0.29) is 17.9 Å². The van der Waals surface area contributed by atoms with E-state index in [2.05, 4.69) is 10.6 Å². The van der Waals surface area contributed by atoms with Crippen molar-refractivity contribution in [1.82, 2.24) is 15.3 Å². The summed E-state index contributed by atoms with van der Waals surface area (Å²) < 4.78 is 1.91. The number of nitrogens with zero attached hydrogens (tertiary/aromatic N) is 2. The van der Waals surface area contributed by atoms with Crippen molar-refractivity contribution in [2.24, 2.45) is 0 Å². The van der Waals surface area contributed by atoms with Gasteiger partial charge in [-0.05, 0) is 38.2 Å². The first kappa shape index (κ1) is 10.8. The second kappa shape index (κ2) is 4.49. The van der Waals surface area contributed by atoms with Crippen molar-refractivity contribution in [2.45, 2.75) is 50.7 Å². The maximum atomic E-state index is 12.0. The molecule has 5 nitrogen and oxygen atoms in total. The smallest absolute Gasteiger partial charge is 0.252 e. The van der Waals surface area contributed by atoms with Crippen LogP contribution < -0.4 is 5.48 Å². The molecule has 1 aliphatic heterocycles. The molecule has 0 spiro atoms. The number of nitrogens with one attached hydrogen (secondary N) is 1. The monoisotopic (exact) mass is 235 g/mol. The van der Waals surface area contributed by atoms with Gasteiger partial charge in [-0.2, -0.15) is 5.10 Å². The van der Waals surface area contributed by atoms with Crippen molar-refractivity contribution < 1.29 is 9.63 Å². The van der Waals surface area contributed by atoms with Gasteiger partial charge in [-0.1, -0.05) is 0 Å². The highest BCUT2D eigenvalue weighted by Gasteiger charge is 2.28. The Kier molecular flexibility index (Phi) is 2.84. The van der Waals surface area contributed by atoms with Crippen molar-refractivity contribution in [3.8, 4) is 0 Å². The topological polar surface area (TPSA) is 56.1 Å². The van der Waals surface area contributed by atoms with Gasteiger partial charge < -0.3 is 0 Å². The summed E-state index contributed by atoms with van der Waals surface area (Å²) >= 11 is 0. The average molecular weight is 235 g/mol. The molecule has 3 rings (SSSR count). The normalized spacial score (nSPS) is 23.9. The molecule has 1 unspecified atom stereocenters.